The van der Waals surface area contributed by atoms with Gasteiger partial charge in [0, 0.05) is 6.92 Å². The van der Waals surface area contributed by atoms with E-state index in [2.05, 4.69) is 0 Å². The van der Waals surface area contributed by atoms with Crippen LogP contribution in [0.2, 0.25) is 0 Å². The second kappa shape index (κ2) is 9.88. The SMILES string of the molecule is COc1cc(C(C)NC(=O)C(F)(F)F)ccc1OCCCCOC(C)=O. The van der Waals surface area contributed by atoms with Crippen LogP contribution in [0.15, 0.2) is 18.2 Å². The van der Waals surface area contributed by atoms with Gasteiger partial charge in [-0.25, -0.2) is 0 Å². The molecule has 0 aromatic heterocycles. The molecule has 1 amide bonds. The van der Waals surface area contributed by atoms with E-state index in [1.165, 1.54) is 27.0 Å². The van der Waals surface area contributed by atoms with E-state index in [0.29, 0.717) is 43.1 Å². The Morgan fingerprint density at radius 3 is 2.38 bits per heavy atom. The predicted molar refractivity (Wildman–Crippen MR) is 87.0 cm³/mol. The number of benzene rings is 1. The minimum absolute atomic E-state index is 0.311. The predicted octanol–water partition coefficient (Wildman–Crippen LogP) is 3.16. The molecule has 1 atom stereocenters. The van der Waals surface area contributed by atoms with E-state index in [4.69, 9.17) is 14.2 Å². The van der Waals surface area contributed by atoms with E-state index >= 15 is 0 Å². The molecule has 1 unspecified atom stereocenters. The van der Waals surface area contributed by atoms with Crippen molar-refractivity contribution in [3.63, 3.8) is 0 Å². The van der Waals surface area contributed by atoms with Crippen molar-refractivity contribution in [2.45, 2.75) is 38.9 Å². The average molecular weight is 377 g/mol. The summed E-state index contributed by atoms with van der Waals surface area (Å²) in [6.45, 7) is 3.44. The number of unbranched alkanes of at least 4 members (excludes halogenated alkanes) is 1. The van der Waals surface area contributed by atoms with Crippen molar-refractivity contribution < 1.29 is 37.0 Å². The fraction of sp³-hybridized carbons (Fsp3) is 0.529. The van der Waals surface area contributed by atoms with Gasteiger partial charge in [-0.15, -0.1) is 0 Å². The van der Waals surface area contributed by atoms with Crippen molar-refractivity contribution in [2.75, 3.05) is 20.3 Å². The van der Waals surface area contributed by atoms with Gasteiger partial charge in [0.05, 0.1) is 26.4 Å². The van der Waals surface area contributed by atoms with E-state index in [9.17, 15) is 22.8 Å². The Morgan fingerprint density at radius 2 is 1.81 bits per heavy atom. The maximum Gasteiger partial charge on any atom is 0.471 e. The van der Waals surface area contributed by atoms with E-state index in [-0.39, 0.29) is 5.97 Å². The molecule has 0 saturated carbocycles. The first-order chi connectivity index (χ1) is 12.1. The monoisotopic (exact) mass is 377 g/mol. The van der Waals surface area contributed by atoms with Crippen LogP contribution >= 0.6 is 0 Å². The van der Waals surface area contributed by atoms with Gasteiger partial charge >= 0.3 is 18.1 Å². The summed E-state index contributed by atoms with van der Waals surface area (Å²) in [5.74, 6) is -1.57. The quantitative estimate of drug-likeness (QED) is 0.529. The molecule has 1 aromatic rings. The molecule has 1 rings (SSSR count). The first kappa shape index (κ1) is 21.6. The van der Waals surface area contributed by atoms with Crippen LogP contribution in [-0.4, -0.2) is 38.4 Å². The highest BCUT2D eigenvalue weighted by atomic mass is 19.4. The van der Waals surface area contributed by atoms with Crippen molar-refractivity contribution >= 4 is 11.9 Å². The highest BCUT2D eigenvalue weighted by Crippen LogP contribution is 2.31. The van der Waals surface area contributed by atoms with Gasteiger partial charge in [0.2, 0.25) is 0 Å². The number of rotatable bonds is 9. The zero-order valence-electron chi connectivity index (χ0n) is 14.8. The molecular weight excluding hydrogens is 355 g/mol. The maximum absolute atomic E-state index is 12.3. The van der Waals surface area contributed by atoms with Gasteiger partial charge in [-0.2, -0.15) is 13.2 Å². The molecule has 146 valence electrons. The molecule has 9 heteroatoms. The van der Waals surface area contributed by atoms with Crippen LogP contribution in [0.5, 0.6) is 11.5 Å². The number of carbonyl (C=O) groups is 2. The van der Waals surface area contributed by atoms with Crippen molar-refractivity contribution in [1.82, 2.24) is 5.32 Å². The Hall–Kier alpha value is -2.45. The van der Waals surface area contributed by atoms with E-state index < -0.39 is 18.1 Å². The number of amides is 1. The van der Waals surface area contributed by atoms with Crippen LogP contribution in [0, 0.1) is 0 Å². The Morgan fingerprint density at radius 1 is 1.15 bits per heavy atom. The topological polar surface area (TPSA) is 73.9 Å². The average Bonchev–Trinajstić information content (AvgIpc) is 2.56. The van der Waals surface area contributed by atoms with Crippen molar-refractivity contribution in [3.8, 4) is 11.5 Å². The highest BCUT2D eigenvalue weighted by Gasteiger charge is 2.39. The normalized spacial score (nSPS) is 12.2. The zero-order valence-corrected chi connectivity index (χ0v) is 14.8. The summed E-state index contributed by atoms with van der Waals surface area (Å²) >= 11 is 0. The van der Waals surface area contributed by atoms with Gasteiger partial charge in [-0.1, -0.05) is 6.07 Å². The molecule has 0 aliphatic carbocycles. The zero-order chi connectivity index (χ0) is 19.7. The van der Waals surface area contributed by atoms with Crippen LogP contribution in [0.25, 0.3) is 0 Å². The lowest BCUT2D eigenvalue weighted by Gasteiger charge is -2.18. The molecule has 1 aromatic carbocycles. The third-order valence-corrected chi connectivity index (χ3v) is 3.39. The summed E-state index contributed by atoms with van der Waals surface area (Å²) < 4.78 is 52.5. The number of ether oxygens (including phenoxy) is 3. The Balaban J connectivity index is 2.60. The fourth-order valence-electron chi connectivity index (χ4n) is 2.04. The van der Waals surface area contributed by atoms with E-state index in [0.717, 1.165) is 0 Å². The number of carbonyl (C=O) groups excluding carboxylic acids is 2. The van der Waals surface area contributed by atoms with E-state index in [1.54, 1.807) is 12.1 Å². The Bertz CT molecular complexity index is 619. The summed E-state index contributed by atoms with van der Waals surface area (Å²) in [6.07, 6.45) is -3.65. The molecular formula is C17H22F3NO5. The summed E-state index contributed by atoms with van der Waals surface area (Å²) in [6, 6.07) is 3.78. The molecule has 0 aliphatic rings. The lowest BCUT2D eigenvalue weighted by molar-refractivity contribution is -0.174. The van der Waals surface area contributed by atoms with Crippen molar-refractivity contribution in [3.05, 3.63) is 23.8 Å². The van der Waals surface area contributed by atoms with Gasteiger partial charge in [-0.05, 0) is 37.5 Å². The molecule has 0 aliphatic heterocycles. The maximum atomic E-state index is 12.3. The lowest BCUT2D eigenvalue weighted by atomic mass is 10.1. The third kappa shape index (κ3) is 7.20. The number of methoxy groups -OCH3 is 1. The molecule has 1 N–H and O–H groups in total. The van der Waals surface area contributed by atoms with Crippen LogP contribution in [0.3, 0.4) is 0 Å². The molecule has 0 spiro atoms. The molecule has 0 fully saturated rings. The number of alkyl halides is 3. The van der Waals surface area contributed by atoms with Crippen LogP contribution in [0.1, 0.15) is 38.3 Å². The molecule has 0 heterocycles. The smallest absolute Gasteiger partial charge is 0.471 e. The minimum atomic E-state index is -4.94. The first-order valence-corrected chi connectivity index (χ1v) is 7.97. The number of hydrogen-bond donors (Lipinski definition) is 1. The Labute approximate surface area is 149 Å². The molecule has 26 heavy (non-hydrogen) atoms. The number of halogens is 3. The van der Waals surface area contributed by atoms with Crippen molar-refractivity contribution in [2.24, 2.45) is 0 Å². The highest BCUT2D eigenvalue weighted by molar-refractivity contribution is 5.82. The molecule has 0 bridgehead atoms. The fourth-order valence-corrected chi connectivity index (χ4v) is 2.04. The summed E-state index contributed by atoms with van der Waals surface area (Å²) in [5, 5.41) is 1.88. The second-order valence-corrected chi connectivity index (χ2v) is 5.50. The largest absolute Gasteiger partial charge is 0.493 e. The standard InChI is InChI=1S/C17H22F3NO5/c1-11(21-16(23)17(18,19)20)13-6-7-14(15(10-13)24-3)26-9-5-4-8-25-12(2)22/h6-7,10-11H,4-5,8-9H2,1-3H3,(H,21,23). The van der Waals surface area contributed by atoms with Gasteiger partial charge in [0.15, 0.2) is 11.5 Å². The number of hydrogen-bond acceptors (Lipinski definition) is 5. The molecule has 0 saturated heterocycles. The number of nitrogens with one attached hydrogen (secondary N) is 1. The molecule has 0 radical (unpaired) electrons. The third-order valence-electron chi connectivity index (χ3n) is 3.39. The van der Waals surface area contributed by atoms with Crippen LogP contribution in [0.4, 0.5) is 13.2 Å². The second-order valence-electron chi connectivity index (χ2n) is 5.50. The molecule has 6 nitrogen and oxygen atoms in total. The number of esters is 1. The van der Waals surface area contributed by atoms with Crippen LogP contribution < -0.4 is 14.8 Å². The van der Waals surface area contributed by atoms with Gasteiger partial charge in [0.1, 0.15) is 0 Å². The lowest BCUT2D eigenvalue weighted by Crippen LogP contribution is -2.38. The minimum Gasteiger partial charge on any atom is -0.493 e. The van der Waals surface area contributed by atoms with Crippen molar-refractivity contribution in [1.29, 1.82) is 0 Å². The Kier molecular flexibility index (Phi) is 8.21. The summed E-state index contributed by atoms with van der Waals surface area (Å²) in [7, 11) is 1.41. The van der Waals surface area contributed by atoms with Gasteiger partial charge < -0.3 is 19.5 Å². The first-order valence-electron chi connectivity index (χ1n) is 7.97. The van der Waals surface area contributed by atoms with E-state index in [1.807, 2.05) is 5.32 Å². The van der Waals surface area contributed by atoms with Gasteiger partial charge in [0.25, 0.3) is 0 Å². The summed E-state index contributed by atoms with van der Waals surface area (Å²) in [5.41, 5.74) is 0.446. The van der Waals surface area contributed by atoms with Crippen LogP contribution in [-0.2, 0) is 14.3 Å². The summed E-state index contributed by atoms with van der Waals surface area (Å²) in [4.78, 5) is 21.6. The van der Waals surface area contributed by atoms with Gasteiger partial charge in [-0.3, -0.25) is 9.59 Å².